The van der Waals surface area contributed by atoms with Gasteiger partial charge in [-0.15, -0.1) is 10.2 Å². The average Bonchev–Trinajstić information content (AvgIpc) is 3.12. The molecule has 9 nitrogen and oxygen atoms in total. The minimum absolute atomic E-state index is 0.00510. The molecule has 31 heavy (non-hydrogen) atoms. The number of pyridine rings is 1. The maximum Gasteiger partial charge on any atom is 0.233 e. The number of piperidine rings is 1. The number of nitrogens with zero attached hydrogens (tertiary/aromatic N) is 6. The van der Waals surface area contributed by atoms with Crippen LogP contribution in [0.4, 0.5) is 0 Å². The summed E-state index contributed by atoms with van der Waals surface area (Å²) in [5.74, 6) is 0.977. The van der Waals surface area contributed by atoms with Crippen molar-refractivity contribution in [3.05, 3.63) is 30.5 Å². The molecule has 1 aliphatic rings. The predicted octanol–water partition coefficient (Wildman–Crippen LogP) is 3.03. The lowest BCUT2D eigenvalue weighted by Crippen LogP contribution is -2.60. The maximum absolute atomic E-state index is 6.17. The molecule has 3 aromatic rings. The Morgan fingerprint density at radius 3 is 2.26 bits per heavy atom. The van der Waals surface area contributed by atoms with Gasteiger partial charge in [-0.25, -0.2) is 4.98 Å². The molecular weight excluding hydrogens is 394 g/mol. The summed E-state index contributed by atoms with van der Waals surface area (Å²) in [5, 5.41) is 20.7. The van der Waals surface area contributed by atoms with Crippen molar-refractivity contribution < 1.29 is 9.47 Å². The lowest BCUT2D eigenvalue weighted by atomic mass is 9.81. The van der Waals surface area contributed by atoms with Gasteiger partial charge in [-0.1, -0.05) is 0 Å². The third-order valence-corrected chi connectivity index (χ3v) is 5.27. The molecule has 0 aliphatic carbocycles. The Morgan fingerprint density at radius 1 is 0.968 bits per heavy atom. The molecule has 0 spiro atoms. The van der Waals surface area contributed by atoms with Crippen LogP contribution in [-0.4, -0.2) is 54.5 Å². The standard InChI is InChI=1S/C22H29N7O2/c1-21(2)11-14(12-22(3,4)28-21)31-19-10-9-17(25-26-19)16-8-7-15(20(24-16)30-6)18-13-23-29(5)27-18/h7-10,13-14,28H,11-12H2,1-6H3. The first-order chi connectivity index (χ1) is 14.6. The molecule has 3 aromatic heterocycles. The summed E-state index contributed by atoms with van der Waals surface area (Å²) in [6.45, 7) is 8.79. The third kappa shape index (κ3) is 4.82. The second-order valence-corrected chi connectivity index (χ2v) is 9.27. The Kier molecular flexibility index (Phi) is 5.38. The number of aromatic nitrogens is 6. The number of methoxy groups -OCH3 is 1. The van der Waals surface area contributed by atoms with E-state index >= 15 is 0 Å². The molecule has 0 amide bonds. The van der Waals surface area contributed by atoms with Gasteiger partial charge in [-0.05, 0) is 45.9 Å². The molecular formula is C22H29N7O2. The maximum atomic E-state index is 6.17. The van der Waals surface area contributed by atoms with E-state index in [9.17, 15) is 0 Å². The normalized spacial score (nSPS) is 18.0. The molecule has 0 aromatic carbocycles. The summed E-state index contributed by atoms with van der Waals surface area (Å²) in [6, 6.07) is 7.48. The first kappa shape index (κ1) is 21.2. The van der Waals surface area contributed by atoms with E-state index in [0.29, 0.717) is 28.8 Å². The van der Waals surface area contributed by atoms with Crippen LogP contribution in [0, 0.1) is 0 Å². The van der Waals surface area contributed by atoms with E-state index in [1.165, 1.54) is 4.80 Å². The number of hydrogen-bond acceptors (Lipinski definition) is 8. The van der Waals surface area contributed by atoms with Crippen molar-refractivity contribution in [3.8, 4) is 34.4 Å². The van der Waals surface area contributed by atoms with Crippen LogP contribution in [0.3, 0.4) is 0 Å². The van der Waals surface area contributed by atoms with Gasteiger partial charge in [0.25, 0.3) is 0 Å². The van der Waals surface area contributed by atoms with Gasteiger partial charge in [0, 0.05) is 37.0 Å². The van der Waals surface area contributed by atoms with E-state index in [4.69, 9.17) is 9.47 Å². The molecule has 4 heterocycles. The number of aryl methyl sites for hydroxylation is 1. The molecule has 1 saturated heterocycles. The molecule has 1 aliphatic heterocycles. The summed E-state index contributed by atoms with van der Waals surface area (Å²) in [5.41, 5.74) is 2.77. The lowest BCUT2D eigenvalue weighted by molar-refractivity contribution is 0.0524. The summed E-state index contributed by atoms with van der Waals surface area (Å²) in [4.78, 5) is 6.08. The first-order valence-corrected chi connectivity index (χ1v) is 10.4. The topological polar surface area (TPSA) is 99.9 Å². The van der Waals surface area contributed by atoms with E-state index in [2.05, 4.69) is 58.4 Å². The van der Waals surface area contributed by atoms with E-state index in [1.807, 2.05) is 24.3 Å². The SMILES string of the molecule is COc1nc(-c2ccc(OC3CC(C)(C)NC(C)(C)C3)nn2)ccc1-c1cnn(C)n1. The van der Waals surface area contributed by atoms with E-state index < -0.39 is 0 Å². The Morgan fingerprint density at radius 2 is 1.68 bits per heavy atom. The highest BCUT2D eigenvalue weighted by atomic mass is 16.5. The van der Waals surface area contributed by atoms with E-state index in [1.54, 1.807) is 20.4 Å². The smallest absolute Gasteiger partial charge is 0.233 e. The van der Waals surface area contributed by atoms with Crippen LogP contribution in [0.1, 0.15) is 40.5 Å². The highest BCUT2D eigenvalue weighted by Crippen LogP contribution is 2.32. The van der Waals surface area contributed by atoms with Crippen molar-refractivity contribution in [2.75, 3.05) is 7.11 Å². The average molecular weight is 424 g/mol. The Bertz CT molecular complexity index is 1040. The van der Waals surface area contributed by atoms with Crippen LogP contribution in [-0.2, 0) is 7.05 Å². The third-order valence-electron chi connectivity index (χ3n) is 5.27. The molecule has 0 unspecified atom stereocenters. The lowest BCUT2D eigenvalue weighted by Gasteiger charge is -2.46. The first-order valence-electron chi connectivity index (χ1n) is 10.4. The Hall–Kier alpha value is -3.07. The molecule has 0 radical (unpaired) electrons. The fraction of sp³-hybridized carbons (Fsp3) is 0.500. The van der Waals surface area contributed by atoms with Crippen LogP contribution in [0.25, 0.3) is 22.6 Å². The zero-order chi connectivity index (χ0) is 22.2. The zero-order valence-corrected chi connectivity index (χ0v) is 18.9. The summed E-state index contributed by atoms with van der Waals surface area (Å²) >= 11 is 0. The van der Waals surface area contributed by atoms with Gasteiger partial charge in [-0.3, -0.25) is 0 Å². The highest BCUT2D eigenvalue weighted by molar-refractivity contribution is 5.67. The second kappa shape index (κ2) is 7.88. The molecule has 4 rings (SSSR count). The van der Waals surface area contributed by atoms with Crippen LogP contribution in [0.5, 0.6) is 11.8 Å². The van der Waals surface area contributed by atoms with Crippen molar-refractivity contribution in [1.82, 2.24) is 35.5 Å². The van der Waals surface area contributed by atoms with Crippen LogP contribution in [0.2, 0.25) is 0 Å². The van der Waals surface area contributed by atoms with E-state index in [0.717, 1.165) is 18.4 Å². The van der Waals surface area contributed by atoms with Crippen LogP contribution < -0.4 is 14.8 Å². The van der Waals surface area contributed by atoms with Crippen LogP contribution in [0.15, 0.2) is 30.5 Å². The zero-order valence-electron chi connectivity index (χ0n) is 18.9. The number of nitrogens with one attached hydrogen (secondary N) is 1. The van der Waals surface area contributed by atoms with Crippen molar-refractivity contribution in [3.63, 3.8) is 0 Å². The molecule has 0 saturated carbocycles. The summed E-state index contributed by atoms with van der Waals surface area (Å²) in [6.07, 6.45) is 3.57. The van der Waals surface area contributed by atoms with Gasteiger partial charge in [-0.2, -0.15) is 15.0 Å². The van der Waals surface area contributed by atoms with Gasteiger partial charge < -0.3 is 14.8 Å². The molecule has 0 bridgehead atoms. The minimum atomic E-state index is 0.00510. The molecule has 1 fully saturated rings. The number of rotatable bonds is 5. The molecule has 9 heteroatoms. The van der Waals surface area contributed by atoms with E-state index in [-0.39, 0.29) is 17.2 Å². The second-order valence-electron chi connectivity index (χ2n) is 9.27. The molecule has 1 N–H and O–H groups in total. The van der Waals surface area contributed by atoms with Gasteiger partial charge in [0.15, 0.2) is 0 Å². The Balaban J connectivity index is 1.52. The van der Waals surface area contributed by atoms with Gasteiger partial charge >= 0.3 is 0 Å². The molecule has 164 valence electrons. The molecule has 0 atom stereocenters. The van der Waals surface area contributed by atoms with Gasteiger partial charge in [0.05, 0.1) is 24.6 Å². The fourth-order valence-electron chi connectivity index (χ4n) is 4.41. The van der Waals surface area contributed by atoms with Gasteiger partial charge in [0.1, 0.15) is 17.5 Å². The van der Waals surface area contributed by atoms with Crippen molar-refractivity contribution >= 4 is 0 Å². The van der Waals surface area contributed by atoms with Crippen molar-refractivity contribution in [2.45, 2.75) is 57.7 Å². The largest absolute Gasteiger partial charge is 0.480 e. The Labute approximate surface area is 182 Å². The minimum Gasteiger partial charge on any atom is -0.480 e. The fourth-order valence-corrected chi connectivity index (χ4v) is 4.41. The number of ether oxygens (including phenoxy) is 2. The van der Waals surface area contributed by atoms with Crippen LogP contribution >= 0.6 is 0 Å². The van der Waals surface area contributed by atoms with Crippen molar-refractivity contribution in [1.29, 1.82) is 0 Å². The van der Waals surface area contributed by atoms with Gasteiger partial charge in [0.2, 0.25) is 11.8 Å². The van der Waals surface area contributed by atoms with Crippen molar-refractivity contribution in [2.24, 2.45) is 7.05 Å². The highest BCUT2D eigenvalue weighted by Gasteiger charge is 2.38. The summed E-state index contributed by atoms with van der Waals surface area (Å²) in [7, 11) is 3.35. The monoisotopic (exact) mass is 423 g/mol. The quantitative estimate of drug-likeness (QED) is 0.668. The number of hydrogen-bond donors (Lipinski definition) is 1. The summed E-state index contributed by atoms with van der Waals surface area (Å²) < 4.78 is 11.6. The predicted molar refractivity (Wildman–Crippen MR) is 117 cm³/mol.